The summed E-state index contributed by atoms with van der Waals surface area (Å²) < 4.78 is 1.69. The van der Waals surface area contributed by atoms with Gasteiger partial charge in [-0.05, 0) is 37.9 Å². The van der Waals surface area contributed by atoms with Gasteiger partial charge in [0.1, 0.15) is 0 Å². The number of nitrogens with zero attached hydrogens (tertiary/aromatic N) is 3. The summed E-state index contributed by atoms with van der Waals surface area (Å²) in [4.78, 5) is 4.43. The third-order valence-corrected chi connectivity index (χ3v) is 3.99. The molecule has 2 aromatic heterocycles. The minimum Gasteiger partial charge on any atom is -0.312 e. The normalized spacial score (nSPS) is 11.4. The van der Waals surface area contributed by atoms with Gasteiger partial charge in [-0.1, -0.05) is 37.0 Å². The molecule has 2 rings (SSSR count). The fourth-order valence-corrected chi connectivity index (χ4v) is 2.44. The standard InChI is InChI=1S/C15H20Cl2N4/c1-9(2)6-18-7-12-5-13(16)15(19-8-12)21-11(4)14(17)10(3)20-21/h5,8-9,18H,6-7H2,1-4H3. The third-order valence-electron chi connectivity index (χ3n) is 3.16. The Kier molecular flexibility index (Phi) is 5.25. The van der Waals surface area contributed by atoms with Gasteiger partial charge in [-0.25, -0.2) is 9.67 Å². The number of hydrogen-bond acceptors (Lipinski definition) is 3. The second kappa shape index (κ2) is 6.77. The lowest BCUT2D eigenvalue weighted by atomic mass is 10.2. The van der Waals surface area contributed by atoms with Crippen LogP contribution in [0, 0.1) is 19.8 Å². The van der Waals surface area contributed by atoms with Gasteiger partial charge in [-0.15, -0.1) is 0 Å². The molecule has 0 aromatic carbocycles. The van der Waals surface area contributed by atoms with Gasteiger partial charge in [-0.2, -0.15) is 5.10 Å². The van der Waals surface area contributed by atoms with Gasteiger partial charge >= 0.3 is 0 Å². The minimum atomic E-state index is 0.570. The highest BCUT2D eigenvalue weighted by Crippen LogP contribution is 2.25. The minimum absolute atomic E-state index is 0.570. The maximum absolute atomic E-state index is 6.34. The van der Waals surface area contributed by atoms with Gasteiger partial charge in [0, 0.05) is 12.7 Å². The zero-order valence-corrected chi connectivity index (χ0v) is 14.3. The Hall–Kier alpha value is -1.10. The van der Waals surface area contributed by atoms with E-state index in [-0.39, 0.29) is 0 Å². The van der Waals surface area contributed by atoms with Crippen LogP contribution in [0.1, 0.15) is 30.8 Å². The molecule has 2 heterocycles. The van der Waals surface area contributed by atoms with Crippen LogP contribution in [0.4, 0.5) is 0 Å². The summed E-state index contributed by atoms with van der Waals surface area (Å²) >= 11 is 12.5. The molecule has 1 N–H and O–H groups in total. The lowest BCUT2D eigenvalue weighted by Gasteiger charge is -2.10. The van der Waals surface area contributed by atoms with Gasteiger partial charge < -0.3 is 5.32 Å². The van der Waals surface area contributed by atoms with Crippen LogP contribution in [0.25, 0.3) is 5.82 Å². The first kappa shape index (κ1) is 16.3. The molecule has 0 amide bonds. The fraction of sp³-hybridized carbons (Fsp3) is 0.467. The van der Waals surface area contributed by atoms with Gasteiger partial charge in [0.2, 0.25) is 0 Å². The first-order chi connectivity index (χ1) is 9.90. The molecule has 0 saturated carbocycles. The molecule has 0 aliphatic rings. The number of rotatable bonds is 5. The number of halogens is 2. The average molecular weight is 327 g/mol. The van der Waals surface area contributed by atoms with Crippen molar-refractivity contribution < 1.29 is 0 Å². The zero-order chi connectivity index (χ0) is 15.6. The molecular weight excluding hydrogens is 307 g/mol. The van der Waals surface area contributed by atoms with Crippen molar-refractivity contribution in [3.8, 4) is 5.82 Å². The number of nitrogens with one attached hydrogen (secondary N) is 1. The van der Waals surface area contributed by atoms with Crippen molar-refractivity contribution in [3.05, 3.63) is 39.3 Å². The van der Waals surface area contributed by atoms with Crippen molar-refractivity contribution in [1.29, 1.82) is 0 Å². The highest BCUT2D eigenvalue weighted by molar-refractivity contribution is 6.32. The molecule has 4 nitrogen and oxygen atoms in total. The van der Waals surface area contributed by atoms with Crippen molar-refractivity contribution in [3.63, 3.8) is 0 Å². The van der Waals surface area contributed by atoms with E-state index in [4.69, 9.17) is 23.2 Å². The Bertz CT molecular complexity index is 635. The summed E-state index contributed by atoms with van der Waals surface area (Å²) in [6.45, 7) is 9.83. The quantitative estimate of drug-likeness (QED) is 0.905. The maximum Gasteiger partial charge on any atom is 0.172 e. The van der Waals surface area contributed by atoms with Crippen molar-refractivity contribution >= 4 is 23.2 Å². The molecule has 0 aliphatic heterocycles. The Morgan fingerprint density at radius 1 is 1.29 bits per heavy atom. The molecule has 21 heavy (non-hydrogen) atoms. The smallest absolute Gasteiger partial charge is 0.172 e. The average Bonchev–Trinajstić information content (AvgIpc) is 2.66. The summed E-state index contributed by atoms with van der Waals surface area (Å²) in [5.74, 6) is 1.22. The second-order valence-electron chi connectivity index (χ2n) is 5.57. The van der Waals surface area contributed by atoms with E-state index in [1.165, 1.54) is 0 Å². The molecule has 0 spiro atoms. The van der Waals surface area contributed by atoms with Crippen LogP contribution in [0.2, 0.25) is 10.0 Å². The SMILES string of the molecule is Cc1nn(-c2ncc(CNCC(C)C)cc2Cl)c(C)c1Cl. The third kappa shape index (κ3) is 3.76. The summed E-state index contributed by atoms with van der Waals surface area (Å²) in [5.41, 5.74) is 2.67. The van der Waals surface area contributed by atoms with E-state index in [9.17, 15) is 0 Å². The van der Waals surface area contributed by atoms with E-state index in [0.29, 0.717) is 21.8 Å². The number of aromatic nitrogens is 3. The van der Waals surface area contributed by atoms with Crippen LogP contribution in [-0.2, 0) is 6.54 Å². The predicted octanol–water partition coefficient (Wildman–Crippen LogP) is 3.94. The first-order valence-electron chi connectivity index (χ1n) is 6.97. The summed E-state index contributed by atoms with van der Waals surface area (Å²) in [6.07, 6.45) is 1.82. The molecule has 114 valence electrons. The van der Waals surface area contributed by atoms with Crippen molar-refractivity contribution in [2.75, 3.05) is 6.54 Å². The summed E-state index contributed by atoms with van der Waals surface area (Å²) in [5, 5.41) is 8.97. The van der Waals surface area contributed by atoms with Crippen LogP contribution in [0.3, 0.4) is 0 Å². The van der Waals surface area contributed by atoms with Gasteiger partial charge in [0.25, 0.3) is 0 Å². The number of aryl methyl sites for hydroxylation is 1. The maximum atomic E-state index is 6.34. The predicted molar refractivity (Wildman–Crippen MR) is 87.4 cm³/mol. The van der Waals surface area contributed by atoms with Crippen LogP contribution in [0.5, 0.6) is 0 Å². The molecule has 0 fully saturated rings. The number of hydrogen-bond donors (Lipinski definition) is 1. The largest absolute Gasteiger partial charge is 0.312 e. The Labute approximate surface area is 135 Å². The van der Waals surface area contributed by atoms with Gasteiger partial charge in [-0.3, -0.25) is 0 Å². The fourth-order valence-electron chi connectivity index (χ4n) is 2.06. The molecule has 6 heteroatoms. The molecular formula is C15H20Cl2N4. The highest BCUT2D eigenvalue weighted by Gasteiger charge is 2.14. The Balaban J connectivity index is 2.21. The van der Waals surface area contributed by atoms with Crippen molar-refractivity contribution in [2.45, 2.75) is 34.2 Å². The van der Waals surface area contributed by atoms with Crippen LogP contribution >= 0.6 is 23.2 Å². The van der Waals surface area contributed by atoms with Crippen LogP contribution in [-0.4, -0.2) is 21.3 Å². The van der Waals surface area contributed by atoms with Gasteiger partial charge in [0.05, 0.1) is 21.4 Å². The van der Waals surface area contributed by atoms with E-state index in [0.717, 1.165) is 30.0 Å². The molecule has 0 saturated heterocycles. The Morgan fingerprint density at radius 2 is 2.00 bits per heavy atom. The Morgan fingerprint density at radius 3 is 2.52 bits per heavy atom. The van der Waals surface area contributed by atoms with Gasteiger partial charge in [0.15, 0.2) is 5.82 Å². The molecule has 0 radical (unpaired) electrons. The molecule has 0 aliphatic carbocycles. The first-order valence-corrected chi connectivity index (χ1v) is 7.73. The summed E-state index contributed by atoms with van der Waals surface area (Å²) in [7, 11) is 0. The molecule has 0 unspecified atom stereocenters. The van der Waals surface area contributed by atoms with E-state index >= 15 is 0 Å². The van der Waals surface area contributed by atoms with E-state index in [1.807, 2.05) is 26.1 Å². The zero-order valence-electron chi connectivity index (χ0n) is 12.7. The highest BCUT2D eigenvalue weighted by atomic mass is 35.5. The van der Waals surface area contributed by atoms with Crippen LogP contribution in [0.15, 0.2) is 12.3 Å². The van der Waals surface area contributed by atoms with Crippen molar-refractivity contribution in [2.24, 2.45) is 5.92 Å². The van der Waals surface area contributed by atoms with Crippen molar-refractivity contribution in [1.82, 2.24) is 20.1 Å². The van der Waals surface area contributed by atoms with Crippen LogP contribution < -0.4 is 5.32 Å². The monoisotopic (exact) mass is 326 g/mol. The number of pyridine rings is 1. The lowest BCUT2D eigenvalue weighted by Crippen LogP contribution is -2.19. The molecule has 2 aromatic rings. The topological polar surface area (TPSA) is 42.7 Å². The second-order valence-corrected chi connectivity index (χ2v) is 6.36. The van der Waals surface area contributed by atoms with E-state index < -0.39 is 0 Å². The van der Waals surface area contributed by atoms with E-state index in [2.05, 4.69) is 29.2 Å². The molecule has 0 bridgehead atoms. The lowest BCUT2D eigenvalue weighted by molar-refractivity contribution is 0.552. The molecule has 0 atom stereocenters. The van der Waals surface area contributed by atoms with E-state index in [1.54, 1.807) is 4.68 Å². The summed E-state index contributed by atoms with van der Waals surface area (Å²) in [6, 6.07) is 1.92.